The van der Waals surface area contributed by atoms with Crippen LogP contribution in [0.1, 0.15) is 24.1 Å². The van der Waals surface area contributed by atoms with E-state index in [1.165, 1.54) is 21.9 Å². The molecule has 3 aromatic rings. The lowest BCUT2D eigenvalue weighted by Gasteiger charge is -2.15. The quantitative estimate of drug-likeness (QED) is 0.741. The number of rotatable bonds is 4. The second-order valence-corrected chi connectivity index (χ2v) is 5.33. The van der Waals surface area contributed by atoms with Crippen molar-refractivity contribution < 1.29 is 5.11 Å². The zero-order valence-electron chi connectivity index (χ0n) is 12.1. The second kappa shape index (κ2) is 5.98. The highest BCUT2D eigenvalue weighted by Gasteiger charge is 2.06. The lowest BCUT2D eigenvalue weighted by molar-refractivity contribution is 0.474. The minimum absolute atomic E-state index is 0.240. The van der Waals surface area contributed by atoms with Crippen molar-refractivity contribution in [1.82, 2.24) is 5.32 Å². The lowest BCUT2D eigenvalue weighted by atomic mass is 10.0. The number of benzene rings is 3. The molecule has 2 nitrogen and oxygen atoms in total. The summed E-state index contributed by atoms with van der Waals surface area (Å²) in [5.41, 5.74) is 2.48. The molecule has 1 atom stereocenters. The van der Waals surface area contributed by atoms with E-state index >= 15 is 0 Å². The summed E-state index contributed by atoms with van der Waals surface area (Å²) in [4.78, 5) is 0. The highest BCUT2D eigenvalue weighted by molar-refractivity contribution is 5.85. The number of phenolic OH excluding ortho intramolecular Hbond substituents is 1. The van der Waals surface area contributed by atoms with E-state index < -0.39 is 0 Å². The third-order valence-corrected chi connectivity index (χ3v) is 3.87. The molecule has 3 rings (SSSR count). The number of hydrogen-bond acceptors (Lipinski definition) is 2. The molecule has 0 saturated heterocycles. The third kappa shape index (κ3) is 3.06. The lowest BCUT2D eigenvalue weighted by Crippen LogP contribution is -2.18. The first-order valence-electron chi connectivity index (χ1n) is 7.23. The van der Waals surface area contributed by atoms with Crippen LogP contribution in [-0.2, 0) is 6.54 Å². The van der Waals surface area contributed by atoms with Crippen molar-refractivity contribution >= 4 is 10.8 Å². The molecule has 0 aliphatic heterocycles. The third-order valence-electron chi connectivity index (χ3n) is 3.87. The maximum absolute atomic E-state index is 9.34. The molecule has 0 spiro atoms. The molecular weight excluding hydrogens is 258 g/mol. The zero-order chi connectivity index (χ0) is 14.7. The van der Waals surface area contributed by atoms with Gasteiger partial charge >= 0.3 is 0 Å². The average Bonchev–Trinajstić information content (AvgIpc) is 2.53. The smallest absolute Gasteiger partial charge is 0.115 e. The van der Waals surface area contributed by atoms with Gasteiger partial charge in [-0.15, -0.1) is 0 Å². The molecule has 0 radical (unpaired) electrons. The van der Waals surface area contributed by atoms with Gasteiger partial charge in [0.1, 0.15) is 5.75 Å². The molecule has 0 aromatic heterocycles. The fourth-order valence-corrected chi connectivity index (χ4v) is 2.59. The number of nitrogens with one attached hydrogen (secondary N) is 1. The van der Waals surface area contributed by atoms with E-state index in [1.54, 1.807) is 12.1 Å². The van der Waals surface area contributed by atoms with Crippen molar-refractivity contribution in [3.63, 3.8) is 0 Å². The van der Waals surface area contributed by atoms with Crippen LogP contribution in [0, 0.1) is 0 Å². The van der Waals surface area contributed by atoms with E-state index in [0.29, 0.717) is 5.75 Å². The fraction of sp³-hybridized carbons (Fsp3) is 0.158. The van der Waals surface area contributed by atoms with E-state index in [4.69, 9.17) is 0 Å². The molecule has 0 amide bonds. The predicted molar refractivity (Wildman–Crippen MR) is 87.3 cm³/mol. The molecule has 0 heterocycles. The average molecular weight is 277 g/mol. The Morgan fingerprint density at radius 3 is 2.43 bits per heavy atom. The molecule has 21 heavy (non-hydrogen) atoms. The van der Waals surface area contributed by atoms with E-state index in [2.05, 4.69) is 54.7 Å². The van der Waals surface area contributed by atoms with Crippen LogP contribution >= 0.6 is 0 Å². The predicted octanol–water partition coefficient (Wildman–Crippen LogP) is 4.40. The summed E-state index contributed by atoms with van der Waals surface area (Å²) in [5, 5.41) is 15.5. The van der Waals surface area contributed by atoms with Gasteiger partial charge in [0.05, 0.1) is 0 Å². The Balaban J connectivity index is 1.76. The van der Waals surface area contributed by atoms with Crippen LogP contribution in [0.5, 0.6) is 5.75 Å². The van der Waals surface area contributed by atoms with Gasteiger partial charge in [-0.1, -0.05) is 54.6 Å². The molecule has 0 fully saturated rings. The fourth-order valence-electron chi connectivity index (χ4n) is 2.59. The second-order valence-electron chi connectivity index (χ2n) is 5.33. The minimum atomic E-state index is 0.240. The van der Waals surface area contributed by atoms with E-state index in [-0.39, 0.29) is 6.04 Å². The Labute approximate surface area is 125 Å². The Kier molecular flexibility index (Phi) is 3.89. The van der Waals surface area contributed by atoms with Crippen LogP contribution in [0.3, 0.4) is 0 Å². The Hall–Kier alpha value is -2.32. The van der Waals surface area contributed by atoms with Gasteiger partial charge in [-0.25, -0.2) is 0 Å². The van der Waals surface area contributed by atoms with Gasteiger partial charge in [0.15, 0.2) is 0 Å². The maximum Gasteiger partial charge on any atom is 0.115 e. The van der Waals surface area contributed by atoms with Crippen LogP contribution in [0.2, 0.25) is 0 Å². The summed E-state index contributed by atoms with van der Waals surface area (Å²) in [6.45, 7) is 2.96. The standard InChI is InChI=1S/C19H19NO/c1-14(15-9-11-18(21)12-10-15)20-13-17-7-4-6-16-5-2-3-8-19(16)17/h2-12,14,20-21H,13H2,1H3. The normalized spacial score (nSPS) is 12.4. The summed E-state index contributed by atoms with van der Waals surface area (Å²) in [7, 11) is 0. The summed E-state index contributed by atoms with van der Waals surface area (Å²) < 4.78 is 0. The molecule has 0 aliphatic rings. The SMILES string of the molecule is CC(NCc1cccc2ccccc12)c1ccc(O)cc1. The molecule has 0 aliphatic carbocycles. The topological polar surface area (TPSA) is 32.3 Å². The highest BCUT2D eigenvalue weighted by Crippen LogP contribution is 2.20. The molecular formula is C19H19NO. The first-order chi connectivity index (χ1) is 10.2. The van der Waals surface area contributed by atoms with Gasteiger partial charge in [-0.2, -0.15) is 0 Å². The maximum atomic E-state index is 9.34. The minimum Gasteiger partial charge on any atom is -0.508 e. The van der Waals surface area contributed by atoms with E-state index in [0.717, 1.165) is 6.54 Å². The van der Waals surface area contributed by atoms with Crippen molar-refractivity contribution in [1.29, 1.82) is 0 Å². The van der Waals surface area contributed by atoms with Crippen molar-refractivity contribution in [3.05, 3.63) is 77.9 Å². The van der Waals surface area contributed by atoms with Crippen LogP contribution in [0.25, 0.3) is 10.8 Å². The van der Waals surface area contributed by atoms with Gasteiger partial charge < -0.3 is 10.4 Å². The van der Waals surface area contributed by atoms with E-state index in [9.17, 15) is 5.11 Å². The molecule has 0 bridgehead atoms. The largest absolute Gasteiger partial charge is 0.508 e. The number of hydrogen-bond donors (Lipinski definition) is 2. The van der Waals surface area contributed by atoms with Crippen molar-refractivity contribution in [2.24, 2.45) is 0 Å². The first-order valence-corrected chi connectivity index (χ1v) is 7.23. The van der Waals surface area contributed by atoms with Gasteiger partial charge in [0.25, 0.3) is 0 Å². The monoisotopic (exact) mass is 277 g/mol. The van der Waals surface area contributed by atoms with Crippen LogP contribution < -0.4 is 5.32 Å². The molecule has 106 valence electrons. The zero-order valence-corrected chi connectivity index (χ0v) is 12.1. The molecule has 1 unspecified atom stereocenters. The van der Waals surface area contributed by atoms with Crippen LogP contribution in [0.4, 0.5) is 0 Å². The summed E-state index contributed by atoms with van der Waals surface area (Å²) in [6, 6.07) is 22.5. The van der Waals surface area contributed by atoms with Crippen molar-refractivity contribution in [3.8, 4) is 5.75 Å². The molecule has 2 heteroatoms. The summed E-state index contributed by atoms with van der Waals surface area (Å²) >= 11 is 0. The summed E-state index contributed by atoms with van der Waals surface area (Å²) in [5.74, 6) is 0.306. The molecule has 0 saturated carbocycles. The Morgan fingerprint density at radius 2 is 1.62 bits per heavy atom. The number of phenols is 1. The first kappa shape index (κ1) is 13.7. The highest BCUT2D eigenvalue weighted by atomic mass is 16.3. The van der Waals surface area contributed by atoms with Crippen LogP contribution in [0.15, 0.2) is 66.7 Å². The van der Waals surface area contributed by atoms with Gasteiger partial charge in [0, 0.05) is 12.6 Å². The number of fused-ring (bicyclic) bond motifs is 1. The van der Waals surface area contributed by atoms with Crippen molar-refractivity contribution in [2.75, 3.05) is 0 Å². The van der Waals surface area contributed by atoms with Gasteiger partial charge in [-0.05, 0) is 41.0 Å². The Morgan fingerprint density at radius 1 is 0.905 bits per heavy atom. The van der Waals surface area contributed by atoms with E-state index in [1.807, 2.05) is 12.1 Å². The van der Waals surface area contributed by atoms with Gasteiger partial charge in [-0.3, -0.25) is 0 Å². The summed E-state index contributed by atoms with van der Waals surface area (Å²) in [6.07, 6.45) is 0. The molecule has 3 aromatic carbocycles. The Bertz CT molecular complexity index is 729. The number of aromatic hydroxyl groups is 1. The van der Waals surface area contributed by atoms with Crippen LogP contribution in [-0.4, -0.2) is 5.11 Å². The molecule has 2 N–H and O–H groups in total. The van der Waals surface area contributed by atoms with Crippen molar-refractivity contribution in [2.45, 2.75) is 19.5 Å². The van der Waals surface area contributed by atoms with Gasteiger partial charge in [0.2, 0.25) is 0 Å².